The molecule has 2 saturated heterocycles. The molecule has 0 saturated carbocycles. The summed E-state index contributed by atoms with van der Waals surface area (Å²) in [6, 6.07) is 13.5. The molecule has 22 atom stereocenters. The van der Waals surface area contributed by atoms with Gasteiger partial charge in [-0.15, -0.1) is 0 Å². The lowest BCUT2D eigenvalue weighted by Gasteiger charge is -2.49. The number of aromatic hydroxyl groups is 3. The lowest BCUT2D eigenvalue weighted by atomic mass is 9.80. The van der Waals surface area contributed by atoms with E-state index in [9.17, 15) is 85.9 Å². The van der Waals surface area contributed by atoms with Gasteiger partial charge in [-0.3, -0.25) is 43.2 Å². The first kappa shape index (κ1) is 108. The molecule has 140 heavy (non-hydrogen) atoms. The molecule has 0 aliphatic carbocycles. The summed E-state index contributed by atoms with van der Waals surface area (Å²) >= 11 is 20.7. The molecule has 45 heteroatoms. The predicted molar refractivity (Wildman–Crippen MR) is 502 cm³/mol. The van der Waals surface area contributed by atoms with Crippen LogP contribution in [0.3, 0.4) is 0 Å². The summed E-state index contributed by atoms with van der Waals surface area (Å²) in [5, 5.41) is 190. The summed E-state index contributed by atoms with van der Waals surface area (Å²) in [5.41, 5.74) is 3.99. The average molecular weight is 2010 g/mol. The molecule has 7 heterocycles. The van der Waals surface area contributed by atoms with Gasteiger partial charge in [0, 0.05) is 48.7 Å². The number of ether oxygens (including phenoxy) is 6. The lowest BCUT2D eigenvalue weighted by molar-refractivity contribution is -0.335. The molecular weight excluding hydrogens is 1890 g/mol. The molecule has 758 valence electrons. The van der Waals surface area contributed by atoms with Gasteiger partial charge < -0.3 is 169 Å². The van der Waals surface area contributed by atoms with Gasteiger partial charge in [-0.2, -0.15) is 0 Å². The molecule has 7 aromatic rings. The highest BCUT2D eigenvalue weighted by molar-refractivity contribution is 6.32. The van der Waals surface area contributed by atoms with Gasteiger partial charge in [0.2, 0.25) is 59.3 Å². The second-order valence-electron chi connectivity index (χ2n) is 35.6. The van der Waals surface area contributed by atoms with E-state index in [1.54, 1.807) is 38.1 Å². The van der Waals surface area contributed by atoms with E-state index in [1.807, 2.05) is 57.2 Å². The number of primary amides is 1. The highest BCUT2D eigenvalue weighted by Gasteiger charge is 2.53. The number of carbonyl (C=O) groups is 9. The van der Waals surface area contributed by atoms with Gasteiger partial charge in [-0.25, -0.2) is 0 Å². The van der Waals surface area contributed by atoms with Crippen molar-refractivity contribution in [1.29, 1.82) is 0 Å². The minimum Gasteiger partial charge on any atom is -0.507 e. The number of amides is 9. The Balaban J connectivity index is 1.03. The average Bonchev–Trinajstić information content (AvgIpc) is 0.754. The number of carbonyl (C=O) groups excluding carboxylic acids is 9. The molecule has 7 aromatic carbocycles. The number of aliphatic hydroxyl groups is 11. The summed E-state index contributed by atoms with van der Waals surface area (Å²) in [4.78, 5) is 137. The number of phenolic OH excluding ortho intramolecular Hbond substituents is 3. The fourth-order valence-electron chi connectivity index (χ4n) is 17.1. The Labute approximate surface area is 818 Å². The highest BCUT2D eigenvalue weighted by atomic mass is 35.5. The van der Waals surface area contributed by atoms with Gasteiger partial charge >= 0.3 is 0 Å². The summed E-state index contributed by atoms with van der Waals surface area (Å²) in [6.45, 7) is 4.68. The van der Waals surface area contributed by atoms with Crippen molar-refractivity contribution in [2.45, 2.75) is 213 Å². The van der Waals surface area contributed by atoms with Crippen LogP contribution >= 0.6 is 34.8 Å². The van der Waals surface area contributed by atoms with Crippen LogP contribution in [0.5, 0.6) is 46.0 Å². The molecule has 0 aromatic heterocycles. The summed E-state index contributed by atoms with van der Waals surface area (Å²) < 4.78 is 40.1. The number of hydrogen-bond donors (Lipinski definition) is 26. The van der Waals surface area contributed by atoms with Crippen LogP contribution < -0.4 is 78.4 Å². The standard InChI is InChI=1S/C95H118Cl3N13O29/c1-8-95(104-38-44-11-13-45(14-12-44)46-15-20-51(96)21-16-46)37-68(135-43(4)85(95)126)139-84-81(124)79(122)66(41-113)138-94(84)140-83-64-33-50-34-65(83)137-63-24-19-49(32-56(63)98)76(119)74-92(133)108-72(88(129)102-27-10-28-111(6)7)53-35-60(115)54(39-101-25-9-26-103-93(134)82(125)80(123)78(121)61(116)40-112)77(120)69(53)52-30-47(17-22-59(52)114)70(89(130)110-74)107-90(131)71(50)106-87(128)58(36-67(99)117)105-91(132)73(109-86(127)57(100-5)29-42(2)3)75(118)48-18-23-62(136-64)55(97)31-48/h11-24,30-35,42-43,57-58,61,66,68,70-76,78-82,84-85,94,100-101,104,112-116,118-126H,8-10,25-29,36-41H2,1-7H3,(H2,99,117)(H,102,129)(H,103,134)(H,105,132)(H,106,128)(H,107,131)(H,108,133)(H,109,127)(H,110,130)/t43-,57+,58?,61+,66+,68-,70+,71+,72?,73+,74-,75+,76+,78+,79?,80-,81?,82+,84+,85+,94-,95?/m0/s1. The number of benzene rings is 7. The number of nitrogens with one attached hydrogen (secondary N) is 11. The Morgan fingerprint density at radius 3 is 1.86 bits per heavy atom. The molecule has 42 nitrogen and oxygen atoms in total. The van der Waals surface area contributed by atoms with Gasteiger partial charge in [-0.1, -0.05) is 110 Å². The molecule has 14 rings (SSSR count). The maximum absolute atomic E-state index is 16.7. The van der Waals surface area contributed by atoms with Crippen LogP contribution in [0.15, 0.2) is 121 Å². The number of halogens is 3. The molecule has 9 amide bonds. The van der Waals surface area contributed by atoms with Crippen molar-refractivity contribution in [3.05, 3.63) is 175 Å². The zero-order valence-corrected chi connectivity index (χ0v) is 79.5. The fourth-order valence-corrected chi connectivity index (χ4v) is 17.7. The molecule has 7 aliphatic heterocycles. The molecule has 11 bridgehead atoms. The number of nitrogens with zero attached hydrogens (tertiary/aromatic N) is 1. The van der Waals surface area contributed by atoms with Crippen molar-refractivity contribution in [1.82, 2.24) is 63.4 Å². The van der Waals surface area contributed by atoms with Crippen molar-refractivity contribution in [2.75, 3.05) is 60.5 Å². The van der Waals surface area contributed by atoms with Crippen molar-refractivity contribution in [2.24, 2.45) is 11.7 Å². The Morgan fingerprint density at radius 2 is 1.26 bits per heavy atom. The van der Waals surface area contributed by atoms with E-state index in [1.165, 1.54) is 25.2 Å². The van der Waals surface area contributed by atoms with E-state index in [-0.39, 0.29) is 86.6 Å². The van der Waals surface area contributed by atoms with Crippen molar-refractivity contribution in [3.8, 4) is 68.2 Å². The molecule has 7 aliphatic rings. The topological polar surface area (TPSA) is 654 Å². The smallest absolute Gasteiger partial charge is 0.251 e. The molecular formula is C95H118Cl3N13O29. The molecule has 2 fully saturated rings. The van der Waals surface area contributed by atoms with E-state index >= 15 is 28.8 Å². The van der Waals surface area contributed by atoms with Crippen LogP contribution in [0.25, 0.3) is 22.3 Å². The van der Waals surface area contributed by atoms with Crippen LogP contribution in [0, 0.1) is 5.92 Å². The summed E-state index contributed by atoms with van der Waals surface area (Å²) in [7, 11) is 4.99. The van der Waals surface area contributed by atoms with Crippen LogP contribution in [-0.4, -0.2) is 293 Å². The number of aliphatic hydroxyl groups excluding tert-OH is 11. The molecule has 0 radical (unpaired) electrons. The van der Waals surface area contributed by atoms with E-state index < -0.39 is 291 Å². The second-order valence-corrected chi connectivity index (χ2v) is 36.9. The maximum atomic E-state index is 16.7. The zero-order chi connectivity index (χ0) is 102. The molecule has 27 N–H and O–H groups in total. The van der Waals surface area contributed by atoms with Crippen LogP contribution in [0.1, 0.15) is 135 Å². The van der Waals surface area contributed by atoms with E-state index in [2.05, 4.69) is 58.5 Å². The second kappa shape index (κ2) is 47.5. The van der Waals surface area contributed by atoms with Gasteiger partial charge in [-0.05, 0) is 184 Å². The Hall–Kier alpha value is -11.3. The van der Waals surface area contributed by atoms with Gasteiger partial charge in [0.25, 0.3) is 5.91 Å². The van der Waals surface area contributed by atoms with Crippen LogP contribution in [0.4, 0.5) is 0 Å². The number of rotatable bonds is 33. The first-order chi connectivity index (χ1) is 66.6. The minimum atomic E-state index is -2.43. The minimum absolute atomic E-state index is 0.00356. The third kappa shape index (κ3) is 25.2. The number of hydrogen-bond acceptors (Lipinski definition) is 33. The summed E-state index contributed by atoms with van der Waals surface area (Å²) in [6.07, 6.45) is -27.1. The fraction of sp³-hybridized carbons (Fsp3) is 0.463. The van der Waals surface area contributed by atoms with Gasteiger partial charge in [0.05, 0.1) is 59.0 Å². The van der Waals surface area contributed by atoms with Gasteiger partial charge in [0.15, 0.2) is 30.0 Å². The normalized spacial score (nSPS) is 25.4. The van der Waals surface area contributed by atoms with Crippen LogP contribution in [0.2, 0.25) is 15.1 Å². The van der Waals surface area contributed by atoms with E-state index in [0.29, 0.717) is 11.6 Å². The quantitative estimate of drug-likeness (QED) is 0.0251. The number of nitrogens with two attached hydrogens (primary N) is 1. The molecule has 5 unspecified atom stereocenters. The molecule has 0 spiro atoms. The number of likely N-dealkylation sites (N-methyl/N-ethyl adjacent to an activating group) is 1. The third-order valence-corrected chi connectivity index (χ3v) is 25.9. The third-order valence-electron chi connectivity index (χ3n) is 25.0. The van der Waals surface area contributed by atoms with Crippen molar-refractivity contribution >= 4 is 88.0 Å². The highest BCUT2D eigenvalue weighted by Crippen LogP contribution is 2.51. The van der Waals surface area contributed by atoms with Crippen LogP contribution in [-0.2, 0) is 70.5 Å². The SMILES string of the molecule is CCC1(NCc2ccc(-c3ccc(Cl)cc3)cc2)C[C@H](O[C@@H]2C(O)C(O)[C@@H](CO)O[C@H]2Oc2c3cc4cc2Oc2ccc(cc2Cl)[C@@H](O)[C@@H](NC(=O)[C@@H](CC(C)C)NC)C(=O)NC(CC(N)=O)C(=O)N[C@H]4C(=O)N[C@H]2C(=O)N[C@H](C(=O)NC(C(=O)NCCCN(C)C)c4cc(O)c(CNCCCNC(=O)[C@H](O)[C@@H](O)[C@H](O)[C@H](O)CO)c(O)c4-c4cc2ccc4O)[C@H](O)c2ccc(c(Cl)c2)O3)O[C@@H](C)[C@H]1O. The first-order valence-corrected chi connectivity index (χ1v) is 46.5. The van der Waals surface area contributed by atoms with E-state index in [0.717, 1.165) is 71.3 Å². The van der Waals surface area contributed by atoms with E-state index in [4.69, 9.17) is 69.0 Å². The van der Waals surface area contributed by atoms with Crippen molar-refractivity contribution < 1.29 is 143 Å². The lowest BCUT2D eigenvalue weighted by Crippen LogP contribution is -2.66. The zero-order valence-electron chi connectivity index (χ0n) is 77.2. The number of phenols is 3. The Bertz CT molecular complexity index is 5620. The summed E-state index contributed by atoms with van der Waals surface area (Å²) in [5.74, 6) is -16.8. The largest absolute Gasteiger partial charge is 0.507 e. The predicted octanol–water partition coefficient (Wildman–Crippen LogP) is 0.663. The number of fused-ring (bicyclic) bond motifs is 15. The van der Waals surface area contributed by atoms with Gasteiger partial charge in [0.1, 0.15) is 114 Å². The maximum Gasteiger partial charge on any atom is 0.251 e. The Kier molecular flexibility index (Phi) is 36.5. The van der Waals surface area contributed by atoms with Crippen molar-refractivity contribution in [3.63, 3.8) is 0 Å². The Morgan fingerprint density at radius 1 is 0.643 bits per heavy atom. The monoisotopic (exact) mass is 2010 g/mol. The first-order valence-electron chi connectivity index (χ1n) is 45.4.